The zero-order valence-corrected chi connectivity index (χ0v) is 15.3. The first-order valence-electron chi connectivity index (χ1n) is 7.79. The molecule has 8 heteroatoms. The average molecular weight is 385 g/mol. The SMILES string of the molecule is Cn1c(SCc2noc(-c3ccc(Cl)cc3)n2)nc2ccccc2c1=O. The Labute approximate surface area is 157 Å². The van der Waals surface area contributed by atoms with Gasteiger partial charge >= 0.3 is 0 Å². The molecule has 0 aliphatic heterocycles. The summed E-state index contributed by atoms with van der Waals surface area (Å²) in [7, 11) is 1.71. The van der Waals surface area contributed by atoms with Crippen LogP contribution in [0.1, 0.15) is 5.82 Å². The van der Waals surface area contributed by atoms with E-state index in [-0.39, 0.29) is 5.56 Å². The molecule has 0 aliphatic carbocycles. The molecule has 0 spiro atoms. The van der Waals surface area contributed by atoms with Gasteiger partial charge in [-0.2, -0.15) is 4.98 Å². The lowest BCUT2D eigenvalue weighted by molar-refractivity contribution is 0.425. The Morgan fingerprint density at radius 3 is 2.69 bits per heavy atom. The summed E-state index contributed by atoms with van der Waals surface area (Å²) in [6.45, 7) is 0. The van der Waals surface area contributed by atoms with E-state index in [4.69, 9.17) is 16.1 Å². The van der Waals surface area contributed by atoms with Crippen LogP contribution in [0.3, 0.4) is 0 Å². The van der Waals surface area contributed by atoms with Crippen LogP contribution in [0.15, 0.2) is 63.0 Å². The van der Waals surface area contributed by atoms with Crippen molar-refractivity contribution in [1.82, 2.24) is 19.7 Å². The van der Waals surface area contributed by atoms with Gasteiger partial charge in [-0.3, -0.25) is 9.36 Å². The Kier molecular flexibility index (Phi) is 4.48. The quantitative estimate of drug-likeness (QED) is 0.392. The second kappa shape index (κ2) is 6.93. The second-order valence-corrected chi connectivity index (χ2v) is 6.97. The Bertz CT molecular complexity index is 1140. The fourth-order valence-corrected chi connectivity index (χ4v) is 3.42. The third-order valence-electron chi connectivity index (χ3n) is 3.83. The number of nitrogens with zero attached hydrogens (tertiary/aromatic N) is 4. The minimum Gasteiger partial charge on any atom is -0.334 e. The van der Waals surface area contributed by atoms with Crippen LogP contribution in [0.5, 0.6) is 0 Å². The van der Waals surface area contributed by atoms with E-state index in [1.165, 1.54) is 16.3 Å². The van der Waals surface area contributed by atoms with Crippen LogP contribution in [0.25, 0.3) is 22.4 Å². The molecule has 0 unspecified atom stereocenters. The number of halogens is 1. The molecule has 0 fully saturated rings. The molecule has 4 aromatic rings. The molecule has 4 rings (SSSR count). The summed E-state index contributed by atoms with van der Waals surface area (Å²) in [6, 6.07) is 14.5. The minimum absolute atomic E-state index is 0.0759. The first-order chi connectivity index (χ1) is 12.6. The van der Waals surface area contributed by atoms with E-state index in [1.54, 1.807) is 25.2 Å². The molecule has 130 valence electrons. The summed E-state index contributed by atoms with van der Waals surface area (Å²) < 4.78 is 6.83. The Hall–Kier alpha value is -2.64. The molecular formula is C18H13ClN4O2S. The number of hydrogen-bond acceptors (Lipinski definition) is 6. The van der Waals surface area contributed by atoms with Crippen LogP contribution in [-0.4, -0.2) is 19.7 Å². The summed E-state index contributed by atoms with van der Waals surface area (Å²) in [5.74, 6) is 1.40. The smallest absolute Gasteiger partial charge is 0.261 e. The number of rotatable bonds is 4. The van der Waals surface area contributed by atoms with Gasteiger partial charge in [-0.25, -0.2) is 4.98 Å². The number of para-hydroxylation sites is 1. The maximum absolute atomic E-state index is 12.4. The predicted octanol–water partition coefficient (Wildman–Crippen LogP) is 3.93. The van der Waals surface area contributed by atoms with Gasteiger partial charge in [0.25, 0.3) is 11.4 Å². The van der Waals surface area contributed by atoms with E-state index in [0.717, 1.165) is 5.56 Å². The average Bonchev–Trinajstić information content (AvgIpc) is 3.13. The van der Waals surface area contributed by atoms with Gasteiger partial charge in [0.05, 0.1) is 16.7 Å². The number of aromatic nitrogens is 4. The number of fused-ring (bicyclic) bond motifs is 1. The Morgan fingerprint density at radius 2 is 1.88 bits per heavy atom. The van der Waals surface area contributed by atoms with Gasteiger partial charge in [-0.15, -0.1) is 0 Å². The molecule has 0 saturated heterocycles. The van der Waals surface area contributed by atoms with Crippen LogP contribution in [0, 0.1) is 0 Å². The van der Waals surface area contributed by atoms with E-state index >= 15 is 0 Å². The summed E-state index contributed by atoms with van der Waals surface area (Å²) in [5, 5.41) is 5.84. The van der Waals surface area contributed by atoms with E-state index in [2.05, 4.69) is 15.1 Å². The van der Waals surface area contributed by atoms with Crippen molar-refractivity contribution in [3.63, 3.8) is 0 Å². The fraction of sp³-hybridized carbons (Fsp3) is 0.111. The molecule has 0 amide bonds. The van der Waals surface area contributed by atoms with Crippen molar-refractivity contribution in [3.8, 4) is 11.5 Å². The van der Waals surface area contributed by atoms with Gasteiger partial charge in [0.1, 0.15) is 0 Å². The Balaban J connectivity index is 1.56. The molecule has 0 radical (unpaired) electrons. The van der Waals surface area contributed by atoms with E-state index in [0.29, 0.717) is 38.5 Å². The lowest BCUT2D eigenvalue weighted by atomic mass is 10.2. The fourth-order valence-electron chi connectivity index (χ4n) is 2.48. The molecule has 26 heavy (non-hydrogen) atoms. The molecule has 6 nitrogen and oxygen atoms in total. The minimum atomic E-state index is -0.0759. The third kappa shape index (κ3) is 3.23. The highest BCUT2D eigenvalue weighted by Crippen LogP contribution is 2.23. The molecule has 2 aromatic carbocycles. The Morgan fingerprint density at radius 1 is 1.12 bits per heavy atom. The van der Waals surface area contributed by atoms with Crippen LogP contribution >= 0.6 is 23.4 Å². The van der Waals surface area contributed by atoms with Gasteiger partial charge in [-0.1, -0.05) is 40.7 Å². The zero-order valence-electron chi connectivity index (χ0n) is 13.7. The van der Waals surface area contributed by atoms with Gasteiger partial charge in [0.15, 0.2) is 11.0 Å². The van der Waals surface area contributed by atoms with Crippen molar-refractivity contribution in [2.24, 2.45) is 7.05 Å². The second-order valence-electron chi connectivity index (χ2n) is 5.59. The van der Waals surface area contributed by atoms with Crippen molar-refractivity contribution in [2.45, 2.75) is 10.9 Å². The molecule has 0 aliphatic rings. The number of thioether (sulfide) groups is 1. The van der Waals surface area contributed by atoms with Crippen molar-refractivity contribution >= 4 is 34.3 Å². The third-order valence-corrected chi connectivity index (χ3v) is 5.11. The van der Waals surface area contributed by atoms with E-state index in [9.17, 15) is 4.79 Å². The summed E-state index contributed by atoms with van der Waals surface area (Å²) in [4.78, 5) is 21.4. The van der Waals surface area contributed by atoms with Crippen molar-refractivity contribution in [1.29, 1.82) is 0 Å². The highest BCUT2D eigenvalue weighted by atomic mass is 35.5. The summed E-state index contributed by atoms with van der Waals surface area (Å²) in [6.07, 6.45) is 0. The molecule has 2 heterocycles. The van der Waals surface area contributed by atoms with Crippen molar-refractivity contribution < 1.29 is 4.52 Å². The van der Waals surface area contributed by atoms with E-state index < -0.39 is 0 Å². The van der Waals surface area contributed by atoms with Crippen molar-refractivity contribution in [3.05, 3.63) is 69.7 Å². The highest BCUT2D eigenvalue weighted by Gasteiger charge is 2.12. The predicted molar refractivity (Wildman–Crippen MR) is 101 cm³/mol. The lowest BCUT2D eigenvalue weighted by Gasteiger charge is -2.07. The standard InChI is InChI=1S/C18H13ClN4O2S/c1-23-17(24)13-4-2-3-5-14(13)20-18(23)26-10-15-21-16(25-22-15)11-6-8-12(19)9-7-11/h2-9H,10H2,1H3. The maximum atomic E-state index is 12.4. The lowest BCUT2D eigenvalue weighted by Crippen LogP contribution is -2.19. The normalized spacial score (nSPS) is 11.2. The van der Waals surface area contributed by atoms with Crippen LogP contribution in [0.2, 0.25) is 5.02 Å². The first kappa shape index (κ1) is 16.8. The van der Waals surface area contributed by atoms with Gasteiger partial charge in [0.2, 0.25) is 0 Å². The van der Waals surface area contributed by atoms with Gasteiger partial charge < -0.3 is 4.52 Å². The topological polar surface area (TPSA) is 73.8 Å². The van der Waals surface area contributed by atoms with Crippen LogP contribution in [0.4, 0.5) is 0 Å². The van der Waals surface area contributed by atoms with Gasteiger partial charge in [-0.05, 0) is 36.4 Å². The highest BCUT2D eigenvalue weighted by molar-refractivity contribution is 7.98. The largest absolute Gasteiger partial charge is 0.334 e. The molecule has 0 saturated carbocycles. The molecule has 2 aromatic heterocycles. The van der Waals surface area contributed by atoms with Gasteiger partial charge in [0, 0.05) is 17.6 Å². The summed E-state index contributed by atoms with van der Waals surface area (Å²) in [5.41, 5.74) is 1.40. The first-order valence-corrected chi connectivity index (χ1v) is 9.15. The van der Waals surface area contributed by atoms with Crippen LogP contribution in [-0.2, 0) is 12.8 Å². The maximum Gasteiger partial charge on any atom is 0.261 e. The van der Waals surface area contributed by atoms with E-state index in [1.807, 2.05) is 30.3 Å². The molecular weight excluding hydrogens is 372 g/mol. The summed E-state index contributed by atoms with van der Waals surface area (Å²) >= 11 is 7.27. The van der Waals surface area contributed by atoms with Crippen LogP contribution < -0.4 is 5.56 Å². The van der Waals surface area contributed by atoms with Crippen molar-refractivity contribution in [2.75, 3.05) is 0 Å². The number of benzene rings is 2. The number of hydrogen-bond donors (Lipinski definition) is 0. The molecule has 0 N–H and O–H groups in total. The molecule has 0 bridgehead atoms. The zero-order chi connectivity index (χ0) is 18.1. The molecule has 0 atom stereocenters. The monoisotopic (exact) mass is 384 g/mol.